The predicted molar refractivity (Wildman–Crippen MR) is 70.6 cm³/mol. The van der Waals surface area contributed by atoms with Crippen LogP contribution in [0.15, 0.2) is 24.3 Å². The molecule has 2 atom stereocenters. The first-order valence-corrected chi connectivity index (χ1v) is 6.89. The van der Waals surface area contributed by atoms with Gasteiger partial charge in [-0.15, -0.1) is 0 Å². The van der Waals surface area contributed by atoms with Crippen molar-refractivity contribution in [3.05, 3.63) is 35.4 Å². The molecule has 1 saturated heterocycles. The van der Waals surface area contributed by atoms with Crippen molar-refractivity contribution in [3.8, 4) is 0 Å². The lowest BCUT2D eigenvalue weighted by molar-refractivity contribution is -0.129. The van der Waals surface area contributed by atoms with Crippen LogP contribution in [0.1, 0.15) is 30.0 Å². The number of hydrogen-bond donors (Lipinski definition) is 2. The summed E-state index contributed by atoms with van der Waals surface area (Å²) < 4.78 is 5.27. The Hall–Kier alpha value is -1.39. The Morgan fingerprint density at radius 3 is 2.79 bits per heavy atom. The monoisotopic (exact) mass is 261 g/mol. The summed E-state index contributed by atoms with van der Waals surface area (Å²) in [5.74, 6) is 0.0674. The number of carbonyl (C=O) groups excluding carboxylic acids is 1. The molecule has 0 aromatic heterocycles. The van der Waals surface area contributed by atoms with Gasteiger partial charge in [-0.25, -0.2) is 0 Å². The molecule has 0 radical (unpaired) electrons. The molecule has 1 heterocycles. The molecule has 102 valence electrons. The molecule has 4 heteroatoms. The average Bonchev–Trinajstić information content (AvgIpc) is 2.76. The molecular formula is C15H19NO3. The molecule has 0 unspecified atom stereocenters. The number of aliphatic hydroxyl groups excluding tert-OH is 1. The van der Waals surface area contributed by atoms with E-state index in [4.69, 9.17) is 4.74 Å². The highest BCUT2D eigenvalue weighted by atomic mass is 16.5. The van der Waals surface area contributed by atoms with Crippen molar-refractivity contribution in [1.29, 1.82) is 0 Å². The van der Waals surface area contributed by atoms with Crippen molar-refractivity contribution >= 4 is 5.91 Å². The minimum absolute atomic E-state index is 0.0220. The van der Waals surface area contributed by atoms with Gasteiger partial charge in [0.05, 0.1) is 12.1 Å². The third-order valence-electron chi connectivity index (χ3n) is 4.09. The van der Waals surface area contributed by atoms with Gasteiger partial charge in [0.15, 0.2) is 0 Å². The van der Waals surface area contributed by atoms with Crippen LogP contribution in [0.25, 0.3) is 0 Å². The fourth-order valence-electron chi connectivity index (χ4n) is 2.98. The molecule has 1 fully saturated rings. The van der Waals surface area contributed by atoms with Crippen LogP contribution in [-0.4, -0.2) is 30.3 Å². The molecule has 0 bridgehead atoms. The summed E-state index contributed by atoms with van der Waals surface area (Å²) in [5.41, 5.74) is 2.18. The number of carbonyl (C=O) groups is 1. The molecule has 1 aromatic carbocycles. The van der Waals surface area contributed by atoms with Gasteiger partial charge >= 0.3 is 0 Å². The Morgan fingerprint density at radius 1 is 1.26 bits per heavy atom. The highest BCUT2D eigenvalue weighted by Crippen LogP contribution is 2.31. The summed E-state index contributed by atoms with van der Waals surface area (Å²) in [4.78, 5) is 12.2. The second kappa shape index (κ2) is 5.31. The van der Waals surface area contributed by atoms with Crippen LogP contribution in [0.2, 0.25) is 0 Å². The number of amides is 1. The molecule has 1 aliphatic carbocycles. The lowest BCUT2D eigenvalue weighted by Gasteiger charge is -2.25. The highest BCUT2D eigenvalue weighted by Gasteiger charge is 2.33. The van der Waals surface area contributed by atoms with Crippen LogP contribution in [-0.2, 0) is 16.0 Å². The number of benzene rings is 1. The highest BCUT2D eigenvalue weighted by molar-refractivity contribution is 5.79. The molecule has 19 heavy (non-hydrogen) atoms. The van der Waals surface area contributed by atoms with Gasteiger partial charge in [-0.2, -0.15) is 0 Å². The van der Waals surface area contributed by atoms with Gasteiger partial charge in [0.1, 0.15) is 0 Å². The number of fused-ring (bicyclic) bond motifs is 1. The smallest absolute Gasteiger partial charge is 0.223 e. The predicted octanol–water partition coefficient (Wildman–Crippen LogP) is 1.19. The van der Waals surface area contributed by atoms with E-state index in [1.807, 2.05) is 24.3 Å². The van der Waals surface area contributed by atoms with Gasteiger partial charge < -0.3 is 15.2 Å². The van der Waals surface area contributed by atoms with Gasteiger partial charge in [-0.3, -0.25) is 4.79 Å². The first-order chi connectivity index (χ1) is 9.25. The summed E-state index contributed by atoms with van der Waals surface area (Å²) in [6.07, 6.45) is 1.66. The van der Waals surface area contributed by atoms with Crippen molar-refractivity contribution in [2.24, 2.45) is 5.92 Å². The fourth-order valence-corrected chi connectivity index (χ4v) is 2.98. The van der Waals surface area contributed by atoms with Gasteiger partial charge in [0.25, 0.3) is 0 Å². The number of rotatable bonds is 2. The quantitative estimate of drug-likeness (QED) is 0.840. The Morgan fingerprint density at radius 2 is 2.00 bits per heavy atom. The summed E-state index contributed by atoms with van der Waals surface area (Å²) in [6.45, 7) is 1.31. The van der Waals surface area contributed by atoms with E-state index in [2.05, 4.69) is 5.32 Å². The molecule has 0 spiro atoms. The molecule has 0 saturated carbocycles. The normalized spacial score (nSPS) is 27.0. The third-order valence-corrected chi connectivity index (χ3v) is 4.09. The summed E-state index contributed by atoms with van der Waals surface area (Å²) >= 11 is 0. The SMILES string of the molecule is O=C(N[C@H]1c2ccccc2C[C@H]1O)C1CCOCC1. The number of hydrogen-bond acceptors (Lipinski definition) is 3. The molecule has 2 N–H and O–H groups in total. The van der Waals surface area contributed by atoms with Crippen LogP contribution in [0.3, 0.4) is 0 Å². The Labute approximate surface area is 112 Å². The van der Waals surface area contributed by atoms with E-state index in [0.717, 1.165) is 24.0 Å². The van der Waals surface area contributed by atoms with Crippen LogP contribution in [0, 0.1) is 5.92 Å². The number of aliphatic hydroxyl groups is 1. The molecule has 4 nitrogen and oxygen atoms in total. The Bertz CT molecular complexity index is 468. The lowest BCUT2D eigenvalue weighted by atomic mass is 9.98. The van der Waals surface area contributed by atoms with E-state index in [1.165, 1.54) is 0 Å². The second-order valence-corrected chi connectivity index (χ2v) is 5.34. The average molecular weight is 261 g/mol. The van der Waals surface area contributed by atoms with Gasteiger partial charge in [0.2, 0.25) is 5.91 Å². The molecule has 2 aliphatic rings. The summed E-state index contributed by atoms with van der Waals surface area (Å²) in [5, 5.41) is 13.1. The third kappa shape index (κ3) is 2.51. The molecule has 1 aromatic rings. The van der Waals surface area contributed by atoms with Gasteiger partial charge in [-0.1, -0.05) is 24.3 Å². The van der Waals surface area contributed by atoms with Crippen LogP contribution >= 0.6 is 0 Å². The largest absolute Gasteiger partial charge is 0.390 e. The van der Waals surface area contributed by atoms with E-state index in [1.54, 1.807) is 0 Å². The topological polar surface area (TPSA) is 58.6 Å². The minimum Gasteiger partial charge on any atom is -0.390 e. The van der Waals surface area contributed by atoms with Crippen molar-refractivity contribution < 1.29 is 14.6 Å². The van der Waals surface area contributed by atoms with Crippen molar-refractivity contribution in [2.75, 3.05) is 13.2 Å². The van der Waals surface area contributed by atoms with Crippen molar-refractivity contribution in [1.82, 2.24) is 5.32 Å². The van der Waals surface area contributed by atoms with Crippen molar-refractivity contribution in [2.45, 2.75) is 31.4 Å². The lowest BCUT2D eigenvalue weighted by Crippen LogP contribution is -2.39. The zero-order chi connectivity index (χ0) is 13.2. The summed E-state index contributed by atoms with van der Waals surface area (Å²) in [7, 11) is 0. The Kier molecular flexibility index (Phi) is 3.53. The Balaban J connectivity index is 1.71. The second-order valence-electron chi connectivity index (χ2n) is 5.34. The van der Waals surface area contributed by atoms with E-state index in [-0.39, 0.29) is 17.9 Å². The van der Waals surface area contributed by atoms with Crippen LogP contribution < -0.4 is 5.32 Å². The molecule has 1 aliphatic heterocycles. The maximum absolute atomic E-state index is 12.2. The van der Waals surface area contributed by atoms with Crippen LogP contribution in [0.4, 0.5) is 0 Å². The zero-order valence-corrected chi connectivity index (χ0v) is 10.8. The minimum atomic E-state index is -0.513. The molecule has 3 rings (SSSR count). The van der Waals surface area contributed by atoms with Crippen molar-refractivity contribution in [3.63, 3.8) is 0 Å². The standard InChI is InChI=1S/C15H19NO3/c17-13-9-11-3-1-2-4-12(11)14(13)16-15(18)10-5-7-19-8-6-10/h1-4,10,13-14,17H,5-9H2,(H,16,18)/t13-,14+/m1/s1. The number of nitrogens with one attached hydrogen (secondary N) is 1. The van der Waals surface area contributed by atoms with E-state index in [0.29, 0.717) is 19.6 Å². The van der Waals surface area contributed by atoms with E-state index in [9.17, 15) is 9.90 Å². The number of ether oxygens (including phenoxy) is 1. The maximum atomic E-state index is 12.2. The van der Waals surface area contributed by atoms with Gasteiger partial charge in [0, 0.05) is 25.6 Å². The van der Waals surface area contributed by atoms with Crippen LogP contribution in [0.5, 0.6) is 0 Å². The zero-order valence-electron chi connectivity index (χ0n) is 10.8. The first-order valence-electron chi connectivity index (χ1n) is 6.89. The molecular weight excluding hydrogens is 242 g/mol. The fraction of sp³-hybridized carbons (Fsp3) is 0.533. The summed E-state index contributed by atoms with van der Waals surface area (Å²) in [6, 6.07) is 7.66. The van der Waals surface area contributed by atoms with E-state index >= 15 is 0 Å². The van der Waals surface area contributed by atoms with Gasteiger partial charge in [-0.05, 0) is 24.0 Å². The maximum Gasteiger partial charge on any atom is 0.223 e. The first kappa shape index (κ1) is 12.6. The molecule has 1 amide bonds. The van der Waals surface area contributed by atoms with E-state index < -0.39 is 6.10 Å².